The highest BCUT2D eigenvalue weighted by molar-refractivity contribution is 5.56. The second-order valence-corrected chi connectivity index (χ2v) is 5.15. The zero-order chi connectivity index (χ0) is 13.0. The second kappa shape index (κ2) is 6.21. The van der Waals surface area contributed by atoms with Crippen molar-refractivity contribution >= 4 is 5.69 Å². The molecule has 2 rings (SSSR count). The smallest absolute Gasteiger partial charge is 0.0399 e. The molecule has 1 aliphatic rings. The van der Waals surface area contributed by atoms with Gasteiger partial charge in [0.2, 0.25) is 0 Å². The minimum absolute atomic E-state index is 1.09. The topological polar surface area (TPSA) is 18.5 Å². The number of likely N-dealkylation sites (N-methyl/N-ethyl adjacent to an activating group) is 1. The molecule has 1 N–H and O–H groups in total. The van der Waals surface area contributed by atoms with Gasteiger partial charge in [-0.25, -0.2) is 0 Å². The molecule has 0 saturated carbocycles. The van der Waals surface area contributed by atoms with Crippen LogP contribution in [-0.2, 0) is 0 Å². The predicted octanol–water partition coefficient (Wildman–Crippen LogP) is 1.64. The lowest BCUT2D eigenvalue weighted by atomic mass is 10.1. The molecule has 3 nitrogen and oxygen atoms in total. The molecule has 0 unspecified atom stereocenters. The molecule has 0 amide bonds. The average molecular weight is 247 g/mol. The number of hydrogen-bond donors (Lipinski definition) is 1. The first-order chi connectivity index (χ1) is 8.72. The van der Waals surface area contributed by atoms with Crippen LogP contribution >= 0.6 is 0 Å². The Morgan fingerprint density at radius 2 is 1.83 bits per heavy atom. The molecule has 1 fully saturated rings. The Labute approximate surface area is 111 Å². The molecule has 0 bridgehead atoms. The highest BCUT2D eigenvalue weighted by Crippen LogP contribution is 2.23. The SMILES string of the molecule is CNCCN1CCN(c2cccc(C)c2C)CC1. The van der Waals surface area contributed by atoms with Gasteiger partial charge in [-0.05, 0) is 38.1 Å². The van der Waals surface area contributed by atoms with Gasteiger partial charge in [0.15, 0.2) is 0 Å². The monoisotopic (exact) mass is 247 g/mol. The lowest BCUT2D eigenvalue weighted by Crippen LogP contribution is -2.48. The Balaban J connectivity index is 1.95. The molecule has 0 radical (unpaired) electrons. The lowest BCUT2D eigenvalue weighted by molar-refractivity contribution is 0.259. The minimum Gasteiger partial charge on any atom is -0.369 e. The summed E-state index contributed by atoms with van der Waals surface area (Å²) >= 11 is 0. The van der Waals surface area contributed by atoms with Gasteiger partial charge >= 0.3 is 0 Å². The van der Waals surface area contributed by atoms with Crippen LogP contribution < -0.4 is 10.2 Å². The van der Waals surface area contributed by atoms with E-state index in [4.69, 9.17) is 0 Å². The Kier molecular flexibility index (Phi) is 4.61. The maximum Gasteiger partial charge on any atom is 0.0399 e. The summed E-state index contributed by atoms with van der Waals surface area (Å²) in [5, 5.41) is 3.22. The van der Waals surface area contributed by atoms with Crippen molar-refractivity contribution in [1.82, 2.24) is 10.2 Å². The second-order valence-electron chi connectivity index (χ2n) is 5.15. The largest absolute Gasteiger partial charge is 0.369 e. The molecule has 0 aliphatic carbocycles. The van der Waals surface area contributed by atoms with Gasteiger partial charge in [-0.15, -0.1) is 0 Å². The van der Waals surface area contributed by atoms with Crippen LogP contribution in [0.3, 0.4) is 0 Å². The fourth-order valence-electron chi connectivity index (χ4n) is 2.56. The van der Waals surface area contributed by atoms with Gasteiger partial charge in [-0.1, -0.05) is 12.1 Å². The van der Waals surface area contributed by atoms with E-state index in [1.54, 1.807) is 0 Å². The van der Waals surface area contributed by atoms with Crippen LogP contribution in [0.2, 0.25) is 0 Å². The zero-order valence-corrected chi connectivity index (χ0v) is 11.9. The van der Waals surface area contributed by atoms with Crippen LogP contribution in [0.1, 0.15) is 11.1 Å². The fraction of sp³-hybridized carbons (Fsp3) is 0.600. The average Bonchev–Trinajstić information content (AvgIpc) is 2.40. The Hall–Kier alpha value is -1.06. The van der Waals surface area contributed by atoms with Crippen molar-refractivity contribution in [3.8, 4) is 0 Å². The molecule has 3 heteroatoms. The predicted molar refractivity (Wildman–Crippen MR) is 78.5 cm³/mol. The number of nitrogens with one attached hydrogen (secondary N) is 1. The van der Waals surface area contributed by atoms with Crippen LogP contribution in [0, 0.1) is 13.8 Å². The third-order valence-corrected chi connectivity index (χ3v) is 3.97. The van der Waals surface area contributed by atoms with E-state index in [-0.39, 0.29) is 0 Å². The van der Waals surface area contributed by atoms with E-state index in [1.807, 2.05) is 7.05 Å². The van der Waals surface area contributed by atoms with Gasteiger partial charge in [-0.2, -0.15) is 0 Å². The number of anilines is 1. The summed E-state index contributed by atoms with van der Waals surface area (Å²) in [7, 11) is 2.02. The van der Waals surface area contributed by atoms with E-state index in [9.17, 15) is 0 Å². The molecule has 100 valence electrons. The maximum atomic E-state index is 3.22. The van der Waals surface area contributed by atoms with Gasteiger partial charge in [0.1, 0.15) is 0 Å². The molecule has 1 aromatic carbocycles. The standard InChI is InChI=1S/C15H25N3/c1-13-5-4-6-15(14(13)2)18-11-9-17(10-12-18)8-7-16-3/h4-6,16H,7-12H2,1-3H3. The highest BCUT2D eigenvalue weighted by atomic mass is 15.3. The first-order valence-electron chi connectivity index (χ1n) is 6.90. The summed E-state index contributed by atoms with van der Waals surface area (Å²) in [5.74, 6) is 0. The fourth-order valence-corrected chi connectivity index (χ4v) is 2.56. The number of nitrogens with zero attached hydrogens (tertiary/aromatic N) is 2. The van der Waals surface area contributed by atoms with Crippen molar-refractivity contribution in [2.45, 2.75) is 13.8 Å². The van der Waals surface area contributed by atoms with Crippen LogP contribution in [0.5, 0.6) is 0 Å². The molecule has 18 heavy (non-hydrogen) atoms. The molecule has 0 atom stereocenters. The van der Waals surface area contributed by atoms with Crippen molar-refractivity contribution in [2.75, 3.05) is 51.2 Å². The van der Waals surface area contributed by atoms with Crippen LogP contribution in [0.15, 0.2) is 18.2 Å². The van der Waals surface area contributed by atoms with E-state index < -0.39 is 0 Å². The van der Waals surface area contributed by atoms with Gasteiger partial charge in [-0.3, -0.25) is 4.90 Å². The molecule has 1 aliphatic heterocycles. The Morgan fingerprint density at radius 1 is 1.11 bits per heavy atom. The summed E-state index contributed by atoms with van der Waals surface area (Å²) in [5.41, 5.74) is 4.24. The van der Waals surface area contributed by atoms with Crippen molar-refractivity contribution in [2.24, 2.45) is 0 Å². The van der Waals surface area contributed by atoms with Crippen molar-refractivity contribution in [3.05, 3.63) is 29.3 Å². The molecule has 0 aromatic heterocycles. The van der Waals surface area contributed by atoms with E-state index >= 15 is 0 Å². The summed E-state index contributed by atoms with van der Waals surface area (Å²) in [6.07, 6.45) is 0. The number of benzene rings is 1. The molecule has 1 aromatic rings. The number of rotatable bonds is 4. The van der Waals surface area contributed by atoms with E-state index in [1.165, 1.54) is 29.9 Å². The van der Waals surface area contributed by atoms with E-state index in [0.29, 0.717) is 0 Å². The van der Waals surface area contributed by atoms with Gasteiger partial charge in [0.05, 0.1) is 0 Å². The van der Waals surface area contributed by atoms with Crippen molar-refractivity contribution < 1.29 is 0 Å². The highest BCUT2D eigenvalue weighted by Gasteiger charge is 2.17. The lowest BCUT2D eigenvalue weighted by Gasteiger charge is -2.37. The molecular weight excluding hydrogens is 222 g/mol. The van der Waals surface area contributed by atoms with Crippen LogP contribution in [0.25, 0.3) is 0 Å². The summed E-state index contributed by atoms with van der Waals surface area (Å²) in [6, 6.07) is 6.62. The van der Waals surface area contributed by atoms with Gasteiger partial charge < -0.3 is 10.2 Å². The number of hydrogen-bond acceptors (Lipinski definition) is 3. The van der Waals surface area contributed by atoms with E-state index in [0.717, 1.165) is 26.2 Å². The van der Waals surface area contributed by atoms with Gasteiger partial charge in [0.25, 0.3) is 0 Å². The molecule has 1 heterocycles. The first kappa shape index (κ1) is 13.4. The van der Waals surface area contributed by atoms with Crippen LogP contribution in [-0.4, -0.2) is 51.2 Å². The normalized spacial score (nSPS) is 17.2. The number of aryl methyl sites for hydroxylation is 1. The number of piperazine rings is 1. The quantitative estimate of drug-likeness (QED) is 0.873. The summed E-state index contributed by atoms with van der Waals surface area (Å²) in [6.45, 7) is 11.3. The van der Waals surface area contributed by atoms with Crippen molar-refractivity contribution in [3.63, 3.8) is 0 Å². The summed E-state index contributed by atoms with van der Waals surface area (Å²) < 4.78 is 0. The van der Waals surface area contributed by atoms with Crippen molar-refractivity contribution in [1.29, 1.82) is 0 Å². The Bertz CT molecular complexity index is 381. The molecule has 1 saturated heterocycles. The first-order valence-corrected chi connectivity index (χ1v) is 6.90. The maximum absolute atomic E-state index is 3.22. The third-order valence-electron chi connectivity index (χ3n) is 3.97. The summed E-state index contributed by atoms with van der Waals surface area (Å²) in [4.78, 5) is 5.07. The van der Waals surface area contributed by atoms with Crippen LogP contribution in [0.4, 0.5) is 5.69 Å². The third kappa shape index (κ3) is 3.03. The van der Waals surface area contributed by atoms with Gasteiger partial charge in [0, 0.05) is 45.0 Å². The molecule has 0 spiro atoms. The van der Waals surface area contributed by atoms with E-state index in [2.05, 4.69) is 47.2 Å². The molecular formula is C15H25N3. The minimum atomic E-state index is 1.09. The zero-order valence-electron chi connectivity index (χ0n) is 11.9. The Morgan fingerprint density at radius 3 is 2.50 bits per heavy atom.